The number of carbonyl (C=O) groups excluding carboxylic acids is 1. The van der Waals surface area contributed by atoms with Crippen LogP contribution in [0.15, 0.2) is 77.3 Å². The second-order valence-electron chi connectivity index (χ2n) is 4.99. The minimum absolute atomic E-state index is 0.160. The maximum absolute atomic E-state index is 12.5. The van der Waals surface area contributed by atoms with E-state index in [2.05, 4.69) is 21.2 Å². The lowest BCUT2D eigenvalue weighted by Gasteiger charge is -2.12. The first kappa shape index (κ1) is 15.8. The molecule has 0 aliphatic carbocycles. The molecule has 0 aliphatic heterocycles. The van der Waals surface area contributed by atoms with Gasteiger partial charge in [-0.2, -0.15) is 0 Å². The minimum atomic E-state index is -0.160. The van der Waals surface area contributed by atoms with Crippen molar-refractivity contribution >= 4 is 39.1 Å². The molecule has 0 radical (unpaired) electrons. The van der Waals surface area contributed by atoms with E-state index in [0.717, 1.165) is 21.3 Å². The van der Waals surface area contributed by atoms with Crippen molar-refractivity contribution in [3.05, 3.63) is 87.9 Å². The molecule has 23 heavy (non-hydrogen) atoms. The zero-order chi connectivity index (χ0) is 16.2. The number of hydrogen-bond acceptors (Lipinski definition) is 1. The van der Waals surface area contributed by atoms with Crippen molar-refractivity contribution < 1.29 is 4.79 Å². The van der Waals surface area contributed by atoms with Gasteiger partial charge in [-0.1, -0.05) is 54.1 Å². The molecule has 0 unspecified atom stereocenters. The zero-order valence-corrected chi connectivity index (χ0v) is 14.4. The SMILES string of the molecule is O=C(Nc1ccccc1-c1cccc(Cl)c1)c1ccccc1Br. The Kier molecular flexibility index (Phi) is 4.79. The Labute approximate surface area is 148 Å². The van der Waals surface area contributed by atoms with E-state index >= 15 is 0 Å². The number of halogens is 2. The molecule has 0 aliphatic rings. The summed E-state index contributed by atoms with van der Waals surface area (Å²) in [5.41, 5.74) is 3.22. The van der Waals surface area contributed by atoms with Crippen molar-refractivity contribution in [2.45, 2.75) is 0 Å². The zero-order valence-electron chi connectivity index (χ0n) is 12.1. The molecule has 0 spiro atoms. The summed E-state index contributed by atoms with van der Waals surface area (Å²) in [5, 5.41) is 3.64. The Hall–Kier alpha value is -2.10. The second kappa shape index (κ2) is 6.99. The van der Waals surface area contributed by atoms with Gasteiger partial charge in [-0.15, -0.1) is 0 Å². The molecule has 4 heteroatoms. The molecule has 0 fully saturated rings. The third-order valence-corrected chi connectivity index (χ3v) is 4.36. The second-order valence-corrected chi connectivity index (χ2v) is 6.28. The Morgan fingerprint density at radius 3 is 2.43 bits per heavy atom. The van der Waals surface area contributed by atoms with Gasteiger partial charge in [0.2, 0.25) is 0 Å². The third kappa shape index (κ3) is 3.63. The number of anilines is 1. The van der Waals surface area contributed by atoms with E-state index in [0.29, 0.717) is 10.6 Å². The summed E-state index contributed by atoms with van der Waals surface area (Å²) in [6, 6.07) is 22.6. The highest BCUT2D eigenvalue weighted by Crippen LogP contribution is 2.30. The van der Waals surface area contributed by atoms with E-state index in [-0.39, 0.29) is 5.91 Å². The Morgan fingerprint density at radius 2 is 1.65 bits per heavy atom. The van der Waals surface area contributed by atoms with Crippen molar-refractivity contribution in [3.63, 3.8) is 0 Å². The molecule has 0 bridgehead atoms. The third-order valence-electron chi connectivity index (χ3n) is 3.43. The number of benzene rings is 3. The maximum Gasteiger partial charge on any atom is 0.256 e. The highest BCUT2D eigenvalue weighted by atomic mass is 79.9. The van der Waals surface area contributed by atoms with Gasteiger partial charge < -0.3 is 5.32 Å². The first-order chi connectivity index (χ1) is 11.1. The van der Waals surface area contributed by atoms with Gasteiger partial charge in [-0.25, -0.2) is 0 Å². The standard InChI is InChI=1S/C19H13BrClNO/c20-17-10-3-1-9-16(17)19(23)22-18-11-4-2-8-15(18)13-6-5-7-14(21)12-13/h1-12H,(H,22,23). The van der Waals surface area contributed by atoms with E-state index in [1.807, 2.05) is 66.7 Å². The summed E-state index contributed by atoms with van der Waals surface area (Å²) in [6.07, 6.45) is 0. The Balaban J connectivity index is 1.96. The molecule has 3 aromatic carbocycles. The lowest BCUT2D eigenvalue weighted by atomic mass is 10.0. The van der Waals surface area contributed by atoms with Crippen molar-refractivity contribution in [2.24, 2.45) is 0 Å². The van der Waals surface area contributed by atoms with Gasteiger partial charge in [0.05, 0.1) is 5.56 Å². The fourth-order valence-corrected chi connectivity index (χ4v) is 2.99. The van der Waals surface area contributed by atoms with Gasteiger partial charge in [-0.3, -0.25) is 4.79 Å². The van der Waals surface area contributed by atoms with Gasteiger partial charge in [0.1, 0.15) is 0 Å². The van der Waals surface area contributed by atoms with Crippen molar-refractivity contribution in [2.75, 3.05) is 5.32 Å². The summed E-state index contributed by atoms with van der Waals surface area (Å²) in [4.78, 5) is 12.5. The molecule has 0 saturated carbocycles. The van der Waals surface area contributed by atoms with Crippen molar-refractivity contribution in [3.8, 4) is 11.1 Å². The number of amides is 1. The molecule has 1 N–H and O–H groups in total. The lowest BCUT2D eigenvalue weighted by Crippen LogP contribution is -2.13. The van der Waals surface area contributed by atoms with Gasteiger partial charge in [0.15, 0.2) is 0 Å². The van der Waals surface area contributed by atoms with Crippen LogP contribution in [0.1, 0.15) is 10.4 Å². The Morgan fingerprint density at radius 1 is 0.913 bits per heavy atom. The molecule has 114 valence electrons. The lowest BCUT2D eigenvalue weighted by molar-refractivity contribution is 0.102. The van der Waals surface area contributed by atoms with Crippen LogP contribution >= 0.6 is 27.5 Å². The molecule has 0 heterocycles. The van der Waals surface area contributed by atoms with Gasteiger partial charge in [0, 0.05) is 20.7 Å². The van der Waals surface area contributed by atoms with E-state index in [4.69, 9.17) is 11.6 Å². The average Bonchev–Trinajstić information content (AvgIpc) is 2.55. The monoisotopic (exact) mass is 385 g/mol. The highest BCUT2D eigenvalue weighted by Gasteiger charge is 2.12. The smallest absolute Gasteiger partial charge is 0.256 e. The summed E-state index contributed by atoms with van der Waals surface area (Å²) >= 11 is 9.48. The van der Waals surface area contributed by atoms with Crippen LogP contribution in [0.2, 0.25) is 5.02 Å². The van der Waals surface area contributed by atoms with Crippen LogP contribution in [-0.2, 0) is 0 Å². The maximum atomic E-state index is 12.5. The molecule has 3 rings (SSSR count). The number of nitrogens with one attached hydrogen (secondary N) is 1. The quantitative estimate of drug-likeness (QED) is 0.585. The summed E-state index contributed by atoms with van der Waals surface area (Å²) in [7, 11) is 0. The predicted molar refractivity (Wildman–Crippen MR) is 99.0 cm³/mol. The van der Waals surface area contributed by atoms with E-state index in [9.17, 15) is 4.79 Å². The largest absolute Gasteiger partial charge is 0.321 e. The molecule has 0 atom stereocenters. The first-order valence-corrected chi connectivity index (χ1v) is 8.23. The van der Waals surface area contributed by atoms with Crippen LogP contribution in [0.25, 0.3) is 11.1 Å². The van der Waals surface area contributed by atoms with Crippen LogP contribution in [0.3, 0.4) is 0 Å². The summed E-state index contributed by atoms with van der Waals surface area (Å²) in [6.45, 7) is 0. The van der Waals surface area contributed by atoms with E-state index < -0.39 is 0 Å². The summed E-state index contributed by atoms with van der Waals surface area (Å²) in [5.74, 6) is -0.160. The number of rotatable bonds is 3. The number of para-hydroxylation sites is 1. The van der Waals surface area contributed by atoms with Gasteiger partial charge in [0.25, 0.3) is 5.91 Å². The van der Waals surface area contributed by atoms with Gasteiger partial charge in [-0.05, 0) is 51.8 Å². The Bertz CT molecular complexity index is 863. The van der Waals surface area contributed by atoms with Crippen LogP contribution in [0, 0.1) is 0 Å². The molecule has 2 nitrogen and oxygen atoms in total. The van der Waals surface area contributed by atoms with Crippen LogP contribution in [0.4, 0.5) is 5.69 Å². The van der Waals surface area contributed by atoms with Gasteiger partial charge >= 0.3 is 0 Å². The molecule has 0 aromatic heterocycles. The molecule has 3 aromatic rings. The van der Waals surface area contributed by atoms with Crippen molar-refractivity contribution in [1.82, 2.24) is 0 Å². The van der Waals surface area contributed by atoms with E-state index in [1.165, 1.54) is 0 Å². The van der Waals surface area contributed by atoms with Crippen LogP contribution < -0.4 is 5.32 Å². The highest BCUT2D eigenvalue weighted by molar-refractivity contribution is 9.10. The molecule has 0 saturated heterocycles. The van der Waals surface area contributed by atoms with E-state index in [1.54, 1.807) is 6.07 Å². The van der Waals surface area contributed by atoms with Crippen LogP contribution in [0.5, 0.6) is 0 Å². The first-order valence-electron chi connectivity index (χ1n) is 7.06. The number of hydrogen-bond donors (Lipinski definition) is 1. The summed E-state index contributed by atoms with van der Waals surface area (Å²) < 4.78 is 0.762. The topological polar surface area (TPSA) is 29.1 Å². The predicted octanol–water partition coefficient (Wildman–Crippen LogP) is 6.02. The van der Waals surface area contributed by atoms with Crippen molar-refractivity contribution in [1.29, 1.82) is 0 Å². The van der Waals surface area contributed by atoms with Crippen LogP contribution in [-0.4, -0.2) is 5.91 Å². The molecular formula is C19H13BrClNO. The minimum Gasteiger partial charge on any atom is -0.321 e. The fourth-order valence-electron chi connectivity index (χ4n) is 2.33. The fraction of sp³-hybridized carbons (Fsp3) is 0. The molecule has 1 amide bonds. The normalized spacial score (nSPS) is 10.3. The molecular weight excluding hydrogens is 374 g/mol. The average molecular weight is 387 g/mol. The number of carbonyl (C=O) groups is 1.